The van der Waals surface area contributed by atoms with Gasteiger partial charge in [0.05, 0.1) is 0 Å². The number of hydrogen-bond donors (Lipinski definition) is 5. The molecule has 0 rings (SSSR count). The maximum Gasteiger partial charge on any atom is 0.341 e. The molecule has 0 aromatic rings. The fourth-order valence-electron chi connectivity index (χ4n) is 0.359. The van der Waals surface area contributed by atoms with Crippen molar-refractivity contribution in [3.05, 3.63) is 18.4 Å². The van der Waals surface area contributed by atoms with Crippen LogP contribution in [0.25, 0.3) is 0 Å². The number of carbonyl (C=O) groups excluding carboxylic acids is 1. The van der Waals surface area contributed by atoms with E-state index in [-0.39, 0.29) is 0 Å². The zero-order valence-electron chi connectivity index (χ0n) is 5.93. The highest BCUT2D eigenvalue weighted by Gasteiger charge is 2.51. The minimum absolute atomic E-state index is 0.442. The van der Waals surface area contributed by atoms with E-state index in [1.807, 2.05) is 5.73 Å². The van der Waals surface area contributed by atoms with E-state index in [2.05, 4.69) is 6.58 Å². The van der Waals surface area contributed by atoms with Gasteiger partial charge in [-0.3, -0.25) is 4.79 Å². The summed E-state index contributed by atoms with van der Waals surface area (Å²) in [7, 11) is 0. The predicted octanol–water partition coefficient (Wildman–Crippen LogP) is -2.79. The van der Waals surface area contributed by atoms with Crippen LogP contribution in [0.3, 0.4) is 0 Å². The van der Waals surface area contributed by atoms with Crippen LogP contribution >= 0.6 is 0 Å². The summed E-state index contributed by atoms with van der Waals surface area (Å²) in [4.78, 5) is 10.6. The molecule has 0 fully saturated rings. The third kappa shape index (κ3) is 1.99. The standard InChI is InChI=1S/C6H8O6/c1-2-3-4(7)5(8,9)6(10,11)12/h3,8-12H,1H2. The summed E-state index contributed by atoms with van der Waals surface area (Å²) in [6.07, 6.45) is 0.442. The first-order valence-corrected chi connectivity index (χ1v) is 2.75. The van der Waals surface area contributed by atoms with E-state index in [9.17, 15) is 4.79 Å². The Morgan fingerprint density at radius 2 is 1.67 bits per heavy atom. The van der Waals surface area contributed by atoms with Crippen molar-refractivity contribution in [3.8, 4) is 0 Å². The van der Waals surface area contributed by atoms with Crippen LogP contribution in [0.4, 0.5) is 0 Å². The Hall–Kier alpha value is -1.01. The fraction of sp³-hybridized carbons (Fsp3) is 0.333. The van der Waals surface area contributed by atoms with Crippen molar-refractivity contribution in [2.45, 2.75) is 11.8 Å². The number of carbonyl (C=O) groups is 1. The molecule has 0 radical (unpaired) electrons. The minimum Gasteiger partial charge on any atom is -0.353 e. The smallest absolute Gasteiger partial charge is 0.341 e. The van der Waals surface area contributed by atoms with E-state index in [0.29, 0.717) is 6.08 Å². The molecule has 0 spiro atoms. The Morgan fingerprint density at radius 3 is 1.92 bits per heavy atom. The highest BCUT2D eigenvalue weighted by molar-refractivity contribution is 5.95. The molecular formula is C6H8O6. The van der Waals surface area contributed by atoms with Gasteiger partial charge in [-0.1, -0.05) is 6.58 Å². The van der Waals surface area contributed by atoms with E-state index in [1.54, 1.807) is 0 Å². The maximum absolute atomic E-state index is 10.6. The van der Waals surface area contributed by atoms with Crippen LogP contribution in [-0.2, 0) is 4.79 Å². The zero-order chi connectivity index (χ0) is 9.99. The van der Waals surface area contributed by atoms with Gasteiger partial charge in [-0.25, -0.2) is 0 Å². The van der Waals surface area contributed by atoms with E-state index < -0.39 is 17.5 Å². The second-order valence-electron chi connectivity index (χ2n) is 2.02. The van der Waals surface area contributed by atoms with Gasteiger partial charge in [0.1, 0.15) is 0 Å². The van der Waals surface area contributed by atoms with Crippen LogP contribution in [0.2, 0.25) is 0 Å². The summed E-state index contributed by atoms with van der Waals surface area (Å²) in [5.41, 5.74) is 1.87. The summed E-state index contributed by atoms with van der Waals surface area (Å²) in [6, 6.07) is 0. The second-order valence-corrected chi connectivity index (χ2v) is 2.02. The Bertz CT molecular complexity index is 229. The monoisotopic (exact) mass is 176 g/mol. The fourth-order valence-corrected chi connectivity index (χ4v) is 0.359. The van der Waals surface area contributed by atoms with Gasteiger partial charge in [0.15, 0.2) is 0 Å². The van der Waals surface area contributed by atoms with Crippen molar-refractivity contribution < 1.29 is 30.3 Å². The highest BCUT2D eigenvalue weighted by atomic mass is 16.7. The quantitative estimate of drug-likeness (QED) is 0.180. The summed E-state index contributed by atoms with van der Waals surface area (Å²) in [5, 5.41) is 42.0. The van der Waals surface area contributed by atoms with Gasteiger partial charge in [-0.15, -0.1) is 5.73 Å². The van der Waals surface area contributed by atoms with Crippen molar-refractivity contribution >= 4 is 5.78 Å². The van der Waals surface area contributed by atoms with Gasteiger partial charge in [0, 0.05) is 6.08 Å². The Kier molecular flexibility index (Phi) is 2.89. The number of hydrogen-bond acceptors (Lipinski definition) is 6. The van der Waals surface area contributed by atoms with Crippen molar-refractivity contribution in [1.82, 2.24) is 0 Å². The van der Waals surface area contributed by atoms with E-state index in [4.69, 9.17) is 25.5 Å². The Labute approximate surface area is 67.3 Å². The summed E-state index contributed by atoms with van der Waals surface area (Å²) in [5.74, 6) is -9.15. The molecule has 0 aliphatic carbocycles. The number of rotatable bonds is 3. The molecular weight excluding hydrogens is 168 g/mol. The molecule has 0 heterocycles. The van der Waals surface area contributed by atoms with Gasteiger partial charge >= 0.3 is 11.8 Å². The van der Waals surface area contributed by atoms with E-state index >= 15 is 0 Å². The average molecular weight is 176 g/mol. The molecule has 0 aliphatic heterocycles. The van der Waals surface area contributed by atoms with Crippen molar-refractivity contribution in [2.75, 3.05) is 0 Å². The molecule has 68 valence electrons. The van der Waals surface area contributed by atoms with E-state index in [0.717, 1.165) is 0 Å². The first-order valence-electron chi connectivity index (χ1n) is 2.75. The average Bonchev–Trinajstić information content (AvgIpc) is 1.85. The van der Waals surface area contributed by atoms with Gasteiger partial charge in [-0.05, 0) is 0 Å². The van der Waals surface area contributed by atoms with Crippen molar-refractivity contribution in [3.63, 3.8) is 0 Å². The molecule has 0 aromatic heterocycles. The van der Waals surface area contributed by atoms with Crippen LogP contribution in [0, 0.1) is 0 Å². The van der Waals surface area contributed by atoms with E-state index in [1.165, 1.54) is 0 Å². The number of ketones is 1. The molecule has 6 nitrogen and oxygen atoms in total. The summed E-state index contributed by atoms with van der Waals surface area (Å²) in [6.45, 7) is 2.93. The zero-order valence-corrected chi connectivity index (χ0v) is 5.93. The molecule has 0 amide bonds. The highest BCUT2D eigenvalue weighted by Crippen LogP contribution is 2.15. The predicted molar refractivity (Wildman–Crippen MR) is 35.3 cm³/mol. The Morgan fingerprint density at radius 1 is 1.25 bits per heavy atom. The first kappa shape index (κ1) is 11.0. The number of aliphatic hydroxyl groups is 5. The van der Waals surface area contributed by atoms with Crippen LogP contribution in [0.15, 0.2) is 18.4 Å². The lowest BCUT2D eigenvalue weighted by atomic mass is 10.1. The minimum atomic E-state index is -3.92. The van der Waals surface area contributed by atoms with Crippen LogP contribution in [-0.4, -0.2) is 43.1 Å². The third-order valence-corrected chi connectivity index (χ3v) is 1.04. The lowest BCUT2D eigenvalue weighted by molar-refractivity contribution is -0.427. The van der Waals surface area contributed by atoms with Crippen LogP contribution < -0.4 is 0 Å². The first-order chi connectivity index (χ1) is 5.23. The van der Waals surface area contributed by atoms with Gasteiger partial charge in [0.2, 0.25) is 5.78 Å². The molecule has 0 aromatic carbocycles. The van der Waals surface area contributed by atoms with Gasteiger partial charge in [-0.2, -0.15) is 0 Å². The molecule has 0 bridgehead atoms. The molecule has 6 heteroatoms. The lowest BCUT2D eigenvalue weighted by Gasteiger charge is -2.26. The maximum atomic E-state index is 10.6. The van der Waals surface area contributed by atoms with Gasteiger partial charge < -0.3 is 25.5 Å². The van der Waals surface area contributed by atoms with Crippen LogP contribution in [0.1, 0.15) is 0 Å². The molecule has 5 N–H and O–H groups in total. The molecule has 0 aliphatic rings. The molecule has 12 heavy (non-hydrogen) atoms. The largest absolute Gasteiger partial charge is 0.353 e. The normalized spacial score (nSPS) is 12.1. The summed E-state index contributed by atoms with van der Waals surface area (Å²) < 4.78 is 0. The third-order valence-electron chi connectivity index (χ3n) is 1.04. The van der Waals surface area contributed by atoms with Gasteiger partial charge in [0.25, 0.3) is 0 Å². The topological polar surface area (TPSA) is 118 Å². The SMILES string of the molecule is C=C=CC(=O)C(O)(O)C(O)(O)O. The molecule has 0 saturated heterocycles. The van der Waals surface area contributed by atoms with Crippen molar-refractivity contribution in [1.29, 1.82) is 0 Å². The second kappa shape index (κ2) is 3.16. The molecule has 0 unspecified atom stereocenters. The lowest BCUT2D eigenvalue weighted by Crippen LogP contribution is -2.59. The molecule has 0 atom stereocenters. The van der Waals surface area contributed by atoms with Crippen LogP contribution in [0.5, 0.6) is 0 Å². The summed E-state index contributed by atoms with van der Waals surface area (Å²) >= 11 is 0. The molecule has 0 saturated carbocycles. The Balaban J connectivity index is 4.85. The van der Waals surface area contributed by atoms with Crippen molar-refractivity contribution in [2.24, 2.45) is 0 Å².